The third-order valence-electron chi connectivity index (χ3n) is 2.81. The summed E-state index contributed by atoms with van der Waals surface area (Å²) in [5, 5.41) is 11.9. The van der Waals surface area contributed by atoms with Crippen molar-refractivity contribution < 1.29 is 4.42 Å². The summed E-state index contributed by atoms with van der Waals surface area (Å²) in [7, 11) is 0. The summed E-state index contributed by atoms with van der Waals surface area (Å²) in [4.78, 5) is 4.18. The lowest BCUT2D eigenvalue weighted by Gasteiger charge is -2.01. The van der Waals surface area contributed by atoms with Crippen LogP contribution in [0.1, 0.15) is 5.56 Å². The third-order valence-corrected chi connectivity index (χ3v) is 2.81. The summed E-state index contributed by atoms with van der Waals surface area (Å²) >= 11 is 0. The average Bonchev–Trinajstić information content (AvgIpc) is 2.97. The molecule has 96 valence electrons. The molecule has 0 atom stereocenters. The molecule has 20 heavy (non-hydrogen) atoms. The van der Waals surface area contributed by atoms with Crippen molar-refractivity contribution in [2.75, 3.05) is 5.32 Å². The van der Waals surface area contributed by atoms with Gasteiger partial charge in [-0.15, -0.1) is 0 Å². The van der Waals surface area contributed by atoms with Gasteiger partial charge in [0, 0.05) is 11.3 Å². The van der Waals surface area contributed by atoms with E-state index in [0.717, 1.165) is 11.3 Å². The zero-order valence-electron chi connectivity index (χ0n) is 10.6. The second-order valence-electron chi connectivity index (χ2n) is 4.21. The molecule has 0 saturated heterocycles. The smallest absolute Gasteiger partial charge is 0.299 e. The van der Waals surface area contributed by atoms with Gasteiger partial charge < -0.3 is 9.73 Å². The van der Waals surface area contributed by atoms with Gasteiger partial charge in [-0.05, 0) is 18.2 Å². The normalized spacial score (nSPS) is 9.95. The highest BCUT2D eigenvalue weighted by atomic mass is 16.4. The van der Waals surface area contributed by atoms with Crippen LogP contribution in [0.25, 0.3) is 11.3 Å². The molecule has 0 fully saturated rings. The number of nitrogens with zero attached hydrogens (tertiary/aromatic N) is 2. The highest BCUT2D eigenvalue weighted by Crippen LogP contribution is 2.24. The van der Waals surface area contributed by atoms with Crippen LogP contribution >= 0.6 is 0 Å². The highest BCUT2D eigenvalue weighted by Gasteiger charge is 2.06. The van der Waals surface area contributed by atoms with Crippen LogP contribution in [0, 0.1) is 11.3 Å². The Morgan fingerprint density at radius 1 is 1.05 bits per heavy atom. The minimum absolute atomic E-state index is 0.402. The fraction of sp³-hybridized carbons (Fsp3) is 0. The summed E-state index contributed by atoms with van der Waals surface area (Å²) in [5.41, 5.74) is 2.33. The van der Waals surface area contributed by atoms with Crippen LogP contribution in [-0.2, 0) is 0 Å². The first-order chi connectivity index (χ1) is 9.85. The summed E-state index contributed by atoms with van der Waals surface area (Å²) in [6.45, 7) is 0. The van der Waals surface area contributed by atoms with Gasteiger partial charge in [-0.25, -0.2) is 4.98 Å². The Hall–Kier alpha value is -3.06. The maximum absolute atomic E-state index is 8.86. The second kappa shape index (κ2) is 5.29. The van der Waals surface area contributed by atoms with Gasteiger partial charge in [0.25, 0.3) is 6.01 Å². The molecular weight excluding hydrogens is 250 g/mol. The van der Waals surface area contributed by atoms with E-state index in [1.807, 2.05) is 42.5 Å². The predicted molar refractivity (Wildman–Crippen MR) is 76.4 cm³/mol. The van der Waals surface area contributed by atoms with E-state index in [1.165, 1.54) is 0 Å². The second-order valence-corrected chi connectivity index (χ2v) is 4.21. The predicted octanol–water partition coefficient (Wildman–Crippen LogP) is 3.96. The standard InChI is InChI=1S/C16H11N3O/c17-10-12-5-4-8-14(9-12)19-16-18-11-15(20-16)13-6-2-1-3-7-13/h1-9,11H,(H,18,19). The molecule has 0 spiro atoms. The Morgan fingerprint density at radius 3 is 2.70 bits per heavy atom. The molecular formula is C16H11N3O. The summed E-state index contributed by atoms with van der Waals surface area (Å²) in [5.74, 6) is 0.699. The van der Waals surface area contributed by atoms with Crippen molar-refractivity contribution in [1.82, 2.24) is 4.98 Å². The molecule has 0 aliphatic heterocycles. The maximum Gasteiger partial charge on any atom is 0.299 e. The SMILES string of the molecule is N#Cc1cccc(Nc2ncc(-c3ccccc3)o2)c1. The zero-order valence-corrected chi connectivity index (χ0v) is 10.6. The van der Waals surface area contributed by atoms with E-state index >= 15 is 0 Å². The van der Waals surface area contributed by atoms with Gasteiger partial charge >= 0.3 is 0 Å². The Balaban J connectivity index is 1.83. The molecule has 2 aromatic carbocycles. The molecule has 1 heterocycles. The lowest BCUT2D eigenvalue weighted by molar-refractivity contribution is 0.592. The minimum Gasteiger partial charge on any atom is -0.423 e. The fourth-order valence-corrected chi connectivity index (χ4v) is 1.86. The first-order valence-electron chi connectivity index (χ1n) is 6.13. The average molecular weight is 261 g/mol. The van der Waals surface area contributed by atoms with Crippen molar-refractivity contribution in [2.45, 2.75) is 0 Å². The molecule has 1 N–H and O–H groups in total. The number of benzene rings is 2. The van der Waals surface area contributed by atoms with Gasteiger partial charge in [0.15, 0.2) is 5.76 Å². The molecule has 1 aromatic heterocycles. The monoisotopic (exact) mass is 261 g/mol. The van der Waals surface area contributed by atoms with Crippen LogP contribution in [0.3, 0.4) is 0 Å². The Bertz CT molecular complexity index is 757. The van der Waals surface area contributed by atoms with E-state index in [4.69, 9.17) is 9.68 Å². The number of nitriles is 1. The number of oxazole rings is 1. The molecule has 0 radical (unpaired) electrons. The van der Waals surface area contributed by atoms with Gasteiger partial charge in [-0.3, -0.25) is 0 Å². The van der Waals surface area contributed by atoms with Crippen LogP contribution in [0.4, 0.5) is 11.7 Å². The van der Waals surface area contributed by atoms with Gasteiger partial charge in [0.05, 0.1) is 17.8 Å². The Kier molecular flexibility index (Phi) is 3.17. The van der Waals surface area contributed by atoms with Gasteiger partial charge in [-0.2, -0.15) is 5.26 Å². The van der Waals surface area contributed by atoms with E-state index in [9.17, 15) is 0 Å². The number of aromatic nitrogens is 1. The number of rotatable bonds is 3. The summed E-state index contributed by atoms with van der Waals surface area (Å²) in [6, 6.07) is 19.4. The third kappa shape index (κ3) is 2.52. The van der Waals surface area contributed by atoms with E-state index < -0.39 is 0 Å². The maximum atomic E-state index is 8.86. The van der Waals surface area contributed by atoms with E-state index in [0.29, 0.717) is 17.3 Å². The van der Waals surface area contributed by atoms with E-state index in [2.05, 4.69) is 16.4 Å². The van der Waals surface area contributed by atoms with Crippen molar-refractivity contribution in [1.29, 1.82) is 5.26 Å². The van der Waals surface area contributed by atoms with Gasteiger partial charge in [-0.1, -0.05) is 36.4 Å². The van der Waals surface area contributed by atoms with Crippen molar-refractivity contribution in [2.24, 2.45) is 0 Å². The van der Waals surface area contributed by atoms with Crippen molar-refractivity contribution in [3.63, 3.8) is 0 Å². The summed E-state index contributed by atoms with van der Waals surface area (Å²) < 4.78 is 5.64. The van der Waals surface area contributed by atoms with Crippen molar-refractivity contribution in [3.8, 4) is 17.4 Å². The molecule has 4 heteroatoms. The largest absolute Gasteiger partial charge is 0.423 e. The Morgan fingerprint density at radius 2 is 1.90 bits per heavy atom. The number of nitrogens with one attached hydrogen (secondary N) is 1. The number of hydrogen-bond acceptors (Lipinski definition) is 4. The Labute approximate surface area is 116 Å². The van der Waals surface area contributed by atoms with E-state index in [1.54, 1.807) is 18.3 Å². The molecule has 0 bridgehead atoms. The van der Waals surface area contributed by atoms with Crippen molar-refractivity contribution >= 4 is 11.7 Å². The molecule has 3 aromatic rings. The fourth-order valence-electron chi connectivity index (χ4n) is 1.86. The first kappa shape index (κ1) is 12.0. The van der Waals surface area contributed by atoms with Crippen LogP contribution < -0.4 is 5.32 Å². The van der Waals surface area contributed by atoms with Crippen molar-refractivity contribution in [3.05, 3.63) is 66.4 Å². The van der Waals surface area contributed by atoms with Crippen LogP contribution in [0.5, 0.6) is 0 Å². The quantitative estimate of drug-likeness (QED) is 0.775. The lowest BCUT2D eigenvalue weighted by atomic mass is 10.2. The van der Waals surface area contributed by atoms with Gasteiger partial charge in [0.2, 0.25) is 0 Å². The molecule has 0 aliphatic rings. The number of anilines is 2. The molecule has 0 aliphatic carbocycles. The zero-order chi connectivity index (χ0) is 13.8. The highest BCUT2D eigenvalue weighted by molar-refractivity contribution is 5.60. The molecule has 0 unspecified atom stereocenters. The topological polar surface area (TPSA) is 61.9 Å². The lowest BCUT2D eigenvalue weighted by Crippen LogP contribution is -1.90. The number of hydrogen-bond donors (Lipinski definition) is 1. The molecule has 3 rings (SSSR count). The summed E-state index contributed by atoms with van der Waals surface area (Å²) in [6.07, 6.45) is 1.67. The van der Waals surface area contributed by atoms with E-state index in [-0.39, 0.29) is 0 Å². The molecule has 0 amide bonds. The van der Waals surface area contributed by atoms with Gasteiger partial charge in [0.1, 0.15) is 0 Å². The van der Waals surface area contributed by atoms with Crippen LogP contribution in [-0.4, -0.2) is 4.98 Å². The molecule has 4 nitrogen and oxygen atoms in total. The first-order valence-corrected chi connectivity index (χ1v) is 6.13. The molecule has 0 saturated carbocycles. The minimum atomic E-state index is 0.402. The van der Waals surface area contributed by atoms with Crippen LogP contribution in [0.2, 0.25) is 0 Å². The van der Waals surface area contributed by atoms with Crippen LogP contribution in [0.15, 0.2) is 65.2 Å².